The van der Waals surface area contributed by atoms with Crippen molar-refractivity contribution in [3.63, 3.8) is 0 Å². The van der Waals surface area contributed by atoms with Crippen LogP contribution in [0.1, 0.15) is 28.5 Å². The molecule has 3 aromatic rings. The van der Waals surface area contributed by atoms with E-state index in [1.807, 2.05) is 53.6 Å². The summed E-state index contributed by atoms with van der Waals surface area (Å²) < 4.78 is 5.90. The van der Waals surface area contributed by atoms with E-state index in [1.165, 1.54) is 0 Å². The second-order valence-corrected chi connectivity index (χ2v) is 6.59. The van der Waals surface area contributed by atoms with Crippen LogP contribution in [0.25, 0.3) is 6.08 Å². The SMILES string of the molecule is O=C(/C=C/c1ccccc1)N1CCc2oc(CCc3cccnc3)nc2C1. The molecule has 0 atom stereocenters. The highest BCUT2D eigenvalue weighted by molar-refractivity contribution is 5.91. The van der Waals surface area contributed by atoms with Gasteiger partial charge in [-0.15, -0.1) is 0 Å². The van der Waals surface area contributed by atoms with Gasteiger partial charge in [-0.3, -0.25) is 9.78 Å². The van der Waals surface area contributed by atoms with Crippen molar-refractivity contribution in [2.45, 2.75) is 25.8 Å². The van der Waals surface area contributed by atoms with Crippen LogP contribution in [0.5, 0.6) is 0 Å². The lowest BCUT2D eigenvalue weighted by Crippen LogP contribution is -2.34. The predicted molar refractivity (Wildman–Crippen MR) is 103 cm³/mol. The maximum Gasteiger partial charge on any atom is 0.246 e. The Balaban J connectivity index is 1.37. The molecule has 2 aromatic heterocycles. The Morgan fingerprint density at radius 2 is 2.04 bits per heavy atom. The molecule has 0 fully saturated rings. The number of carbonyl (C=O) groups excluding carboxylic acids is 1. The fraction of sp³-hybridized carbons (Fsp3) is 0.227. The van der Waals surface area contributed by atoms with Crippen LogP contribution in [0.3, 0.4) is 0 Å². The van der Waals surface area contributed by atoms with Gasteiger partial charge in [0.15, 0.2) is 5.89 Å². The average Bonchev–Trinajstić information content (AvgIpc) is 3.14. The minimum Gasteiger partial charge on any atom is -0.445 e. The van der Waals surface area contributed by atoms with E-state index in [9.17, 15) is 4.79 Å². The monoisotopic (exact) mass is 359 g/mol. The maximum absolute atomic E-state index is 12.5. The van der Waals surface area contributed by atoms with Gasteiger partial charge in [0.1, 0.15) is 11.5 Å². The summed E-state index contributed by atoms with van der Waals surface area (Å²) in [5.41, 5.74) is 3.06. The third-order valence-corrected chi connectivity index (χ3v) is 4.65. The lowest BCUT2D eigenvalue weighted by molar-refractivity contribution is -0.126. The molecule has 1 aromatic carbocycles. The normalized spacial score (nSPS) is 13.7. The van der Waals surface area contributed by atoms with Gasteiger partial charge < -0.3 is 9.32 Å². The highest BCUT2D eigenvalue weighted by atomic mass is 16.4. The molecule has 0 unspecified atom stereocenters. The molecule has 0 saturated carbocycles. The summed E-state index contributed by atoms with van der Waals surface area (Å²) in [5.74, 6) is 1.65. The van der Waals surface area contributed by atoms with E-state index >= 15 is 0 Å². The van der Waals surface area contributed by atoms with E-state index in [0.717, 1.165) is 41.3 Å². The maximum atomic E-state index is 12.5. The number of fused-ring (bicyclic) bond motifs is 1. The minimum absolute atomic E-state index is 0.00409. The van der Waals surface area contributed by atoms with Crippen molar-refractivity contribution >= 4 is 12.0 Å². The number of pyridine rings is 1. The Labute approximate surface area is 158 Å². The van der Waals surface area contributed by atoms with Gasteiger partial charge in [-0.05, 0) is 29.7 Å². The number of nitrogens with zero attached hydrogens (tertiary/aromatic N) is 3. The molecule has 0 saturated heterocycles. The van der Waals surface area contributed by atoms with Gasteiger partial charge in [0.2, 0.25) is 5.91 Å². The van der Waals surface area contributed by atoms with Gasteiger partial charge in [-0.1, -0.05) is 36.4 Å². The van der Waals surface area contributed by atoms with Crippen molar-refractivity contribution in [2.75, 3.05) is 6.54 Å². The Bertz CT molecular complexity index is 933. The first-order valence-corrected chi connectivity index (χ1v) is 9.16. The van der Waals surface area contributed by atoms with Crippen molar-refractivity contribution < 1.29 is 9.21 Å². The lowest BCUT2D eigenvalue weighted by atomic mass is 10.1. The van der Waals surface area contributed by atoms with Crippen molar-refractivity contribution in [2.24, 2.45) is 0 Å². The highest BCUT2D eigenvalue weighted by Crippen LogP contribution is 2.21. The van der Waals surface area contributed by atoms with Crippen LogP contribution < -0.4 is 0 Å². The van der Waals surface area contributed by atoms with Crippen molar-refractivity contribution in [3.05, 3.63) is 89.4 Å². The summed E-state index contributed by atoms with van der Waals surface area (Å²) in [7, 11) is 0. The lowest BCUT2D eigenvalue weighted by Gasteiger charge is -2.24. The average molecular weight is 359 g/mol. The van der Waals surface area contributed by atoms with E-state index in [2.05, 4.69) is 16.0 Å². The molecule has 136 valence electrons. The van der Waals surface area contributed by atoms with Crippen LogP contribution in [0.15, 0.2) is 65.4 Å². The third kappa shape index (κ3) is 4.31. The van der Waals surface area contributed by atoms with Gasteiger partial charge in [0.25, 0.3) is 0 Å². The van der Waals surface area contributed by atoms with Crippen molar-refractivity contribution in [1.82, 2.24) is 14.9 Å². The number of aromatic nitrogens is 2. The summed E-state index contributed by atoms with van der Waals surface area (Å²) >= 11 is 0. The molecule has 5 nitrogen and oxygen atoms in total. The molecule has 0 aliphatic carbocycles. The summed E-state index contributed by atoms with van der Waals surface area (Å²) in [4.78, 5) is 23.0. The summed E-state index contributed by atoms with van der Waals surface area (Å²) in [6, 6.07) is 13.8. The summed E-state index contributed by atoms with van der Waals surface area (Å²) in [6.45, 7) is 1.16. The first kappa shape index (κ1) is 17.2. The standard InChI is InChI=1S/C22H21N3O2/c26-22(11-9-17-5-2-1-3-6-17)25-14-12-20-19(16-25)24-21(27-20)10-8-18-7-4-13-23-15-18/h1-7,9,11,13,15H,8,10,12,14,16H2/b11-9+. The van der Waals surface area contributed by atoms with E-state index < -0.39 is 0 Å². The first-order chi connectivity index (χ1) is 13.3. The fourth-order valence-electron chi connectivity index (χ4n) is 3.18. The number of amides is 1. The van der Waals surface area contributed by atoms with Gasteiger partial charge in [0, 0.05) is 37.9 Å². The molecule has 0 N–H and O–H groups in total. The van der Waals surface area contributed by atoms with Crippen LogP contribution in [0, 0.1) is 0 Å². The van der Waals surface area contributed by atoms with Gasteiger partial charge in [-0.2, -0.15) is 0 Å². The van der Waals surface area contributed by atoms with Crippen LogP contribution in [0.4, 0.5) is 0 Å². The van der Waals surface area contributed by atoms with Crippen molar-refractivity contribution in [3.8, 4) is 0 Å². The van der Waals surface area contributed by atoms with Crippen LogP contribution >= 0.6 is 0 Å². The smallest absolute Gasteiger partial charge is 0.246 e. The molecule has 27 heavy (non-hydrogen) atoms. The quantitative estimate of drug-likeness (QED) is 0.655. The molecule has 4 rings (SSSR count). The second-order valence-electron chi connectivity index (χ2n) is 6.59. The fourth-order valence-corrected chi connectivity index (χ4v) is 3.18. The van der Waals surface area contributed by atoms with Crippen LogP contribution in [0.2, 0.25) is 0 Å². The first-order valence-electron chi connectivity index (χ1n) is 9.16. The topological polar surface area (TPSA) is 59.2 Å². The molecule has 0 bridgehead atoms. The van der Waals surface area contributed by atoms with E-state index in [0.29, 0.717) is 19.5 Å². The van der Waals surface area contributed by atoms with Crippen molar-refractivity contribution in [1.29, 1.82) is 0 Å². The second kappa shape index (κ2) is 7.99. The molecular weight excluding hydrogens is 338 g/mol. The van der Waals surface area contributed by atoms with Crippen LogP contribution in [-0.2, 0) is 30.6 Å². The Hall–Kier alpha value is -3.21. The largest absolute Gasteiger partial charge is 0.445 e. The molecule has 1 amide bonds. The zero-order chi connectivity index (χ0) is 18.5. The van der Waals surface area contributed by atoms with E-state index in [-0.39, 0.29) is 5.91 Å². The zero-order valence-electron chi connectivity index (χ0n) is 15.0. The highest BCUT2D eigenvalue weighted by Gasteiger charge is 2.24. The van der Waals surface area contributed by atoms with Crippen LogP contribution in [-0.4, -0.2) is 27.3 Å². The third-order valence-electron chi connectivity index (χ3n) is 4.65. The molecule has 0 radical (unpaired) electrons. The zero-order valence-corrected chi connectivity index (χ0v) is 15.0. The number of hydrogen-bond acceptors (Lipinski definition) is 4. The number of hydrogen-bond donors (Lipinski definition) is 0. The minimum atomic E-state index is 0.00409. The molecule has 3 heterocycles. The Morgan fingerprint density at radius 3 is 2.85 bits per heavy atom. The number of benzene rings is 1. The summed E-state index contributed by atoms with van der Waals surface area (Å²) in [6.07, 6.45) is 9.40. The summed E-state index contributed by atoms with van der Waals surface area (Å²) in [5, 5.41) is 0. The predicted octanol–water partition coefficient (Wildman–Crippen LogP) is 3.45. The number of rotatable bonds is 5. The Morgan fingerprint density at radius 1 is 1.15 bits per heavy atom. The number of aryl methyl sites for hydroxylation is 2. The van der Waals surface area contributed by atoms with Gasteiger partial charge in [-0.25, -0.2) is 4.98 Å². The Kier molecular flexibility index (Phi) is 5.10. The molecule has 1 aliphatic rings. The number of carbonyl (C=O) groups is 1. The molecule has 5 heteroatoms. The number of oxazole rings is 1. The van der Waals surface area contributed by atoms with E-state index in [1.54, 1.807) is 12.3 Å². The van der Waals surface area contributed by atoms with E-state index in [4.69, 9.17) is 4.42 Å². The molecular formula is C22H21N3O2. The molecule has 0 spiro atoms. The molecule has 1 aliphatic heterocycles. The van der Waals surface area contributed by atoms with Gasteiger partial charge in [0.05, 0.1) is 6.54 Å². The van der Waals surface area contributed by atoms with Gasteiger partial charge >= 0.3 is 0 Å².